The molecule has 106 valence electrons. The summed E-state index contributed by atoms with van der Waals surface area (Å²) in [6.07, 6.45) is 1.71. The van der Waals surface area contributed by atoms with Crippen LogP contribution in [0.4, 0.5) is 11.8 Å². The van der Waals surface area contributed by atoms with Crippen molar-refractivity contribution in [3.8, 4) is 5.95 Å². The minimum absolute atomic E-state index is 0.290. The average Bonchev–Trinajstić information content (AvgIpc) is 2.79. The molecule has 3 rings (SSSR count). The molecule has 0 fully saturated rings. The van der Waals surface area contributed by atoms with Crippen molar-refractivity contribution in [2.75, 3.05) is 5.32 Å². The number of aromatic nitrogens is 7. The summed E-state index contributed by atoms with van der Waals surface area (Å²) in [4.78, 5) is 4.17. The topological polar surface area (TPSA) is 94.3 Å². The molecule has 3 heterocycles. The fourth-order valence-corrected chi connectivity index (χ4v) is 1.91. The first-order valence-electron chi connectivity index (χ1n) is 6.42. The van der Waals surface area contributed by atoms with Crippen LogP contribution in [-0.4, -0.2) is 35.2 Å². The predicted octanol–water partition coefficient (Wildman–Crippen LogP) is 1.52. The van der Waals surface area contributed by atoms with E-state index in [1.54, 1.807) is 10.9 Å². The Balaban J connectivity index is 1.83. The Morgan fingerprint density at radius 2 is 1.76 bits per heavy atom. The lowest BCUT2D eigenvalue weighted by molar-refractivity contribution is 0.713. The second kappa shape index (κ2) is 5.23. The number of hydrogen-bond donors (Lipinski definition) is 1. The van der Waals surface area contributed by atoms with Gasteiger partial charge in [-0.1, -0.05) is 0 Å². The summed E-state index contributed by atoms with van der Waals surface area (Å²) in [6, 6.07) is 5.74. The third-order valence-corrected chi connectivity index (χ3v) is 2.82. The first kappa shape index (κ1) is 13.1. The maximum absolute atomic E-state index is 4.28. The zero-order valence-corrected chi connectivity index (χ0v) is 11.9. The lowest BCUT2D eigenvalue weighted by Crippen LogP contribution is -2.10. The molecule has 0 atom stereocenters. The molecule has 0 amide bonds. The highest BCUT2D eigenvalue weighted by molar-refractivity contribution is 5.47. The van der Waals surface area contributed by atoms with Gasteiger partial charge in [0.25, 0.3) is 11.9 Å². The molecule has 8 nitrogen and oxygen atoms in total. The minimum Gasteiger partial charge on any atom is -0.306 e. The molecule has 0 spiro atoms. The number of aryl methyl sites for hydroxylation is 3. The van der Waals surface area contributed by atoms with E-state index in [0.29, 0.717) is 17.7 Å². The second-order valence-corrected chi connectivity index (χ2v) is 4.71. The number of pyridine rings is 1. The van der Waals surface area contributed by atoms with E-state index in [2.05, 4.69) is 35.8 Å². The summed E-state index contributed by atoms with van der Waals surface area (Å²) < 4.78 is 1.60. The van der Waals surface area contributed by atoms with Crippen molar-refractivity contribution in [1.29, 1.82) is 0 Å². The van der Waals surface area contributed by atoms with Gasteiger partial charge in [-0.2, -0.15) is 5.10 Å². The first-order valence-corrected chi connectivity index (χ1v) is 6.42. The van der Waals surface area contributed by atoms with Crippen LogP contribution in [0.25, 0.3) is 5.95 Å². The summed E-state index contributed by atoms with van der Waals surface area (Å²) in [5.74, 6) is 1.28. The molecule has 0 aliphatic carbocycles. The molecule has 0 aliphatic rings. The van der Waals surface area contributed by atoms with Crippen LogP contribution in [0.3, 0.4) is 0 Å². The second-order valence-electron chi connectivity index (χ2n) is 4.71. The molecule has 3 aromatic rings. The maximum atomic E-state index is 4.28. The van der Waals surface area contributed by atoms with Crippen LogP contribution >= 0.6 is 0 Å². The monoisotopic (exact) mass is 282 g/mol. The Kier molecular flexibility index (Phi) is 3.27. The van der Waals surface area contributed by atoms with E-state index in [9.17, 15) is 0 Å². The molecule has 8 heteroatoms. The third-order valence-electron chi connectivity index (χ3n) is 2.82. The Morgan fingerprint density at radius 3 is 2.38 bits per heavy atom. The van der Waals surface area contributed by atoms with Gasteiger partial charge in [0.1, 0.15) is 5.82 Å². The van der Waals surface area contributed by atoms with E-state index < -0.39 is 0 Å². The highest BCUT2D eigenvalue weighted by Crippen LogP contribution is 2.10. The Hall–Kier alpha value is -2.90. The van der Waals surface area contributed by atoms with E-state index in [1.165, 1.54) is 0 Å². The first-order chi connectivity index (χ1) is 10.1. The highest BCUT2D eigenvalue weighted by atomic mass is 15.5. The largest absolute Gasteiger partial charge is 0.306 e. The van der Waals surface area contributed by atoms with Crippen LogP contribution in [0.5, 0.6) is 0 Å². The van der Waals surface area contributed by atoms with Crippen molar-refractivity contribution < 1.29 is 0 Å². The van der Waals surface area contributed by atoms with Crippen LogP contribution in [0.15, 0.2) is 24.4 Å². The molecule has 0 aromatic carbocycles. The van der Waals surface area contributed by atoms with Crippen molar-refractivity contribution in [2.45, 2.75) is 20.8 Å². The van der Waals surface area contributed by atoms with Crippen molar-refractivity contribution in [2.24, 2.45) is 0 Å². The molecule has 0 unspecified atom stereocenters. The van der Waals surface area contributed by atoms with Gasteiger partial charge in [0.2, 0.25) is 0 Å². The van der Waals surface area contributed by atoms with Gasteiger partial charge in [0.15, 0.2) is 0 Å². The molecule has 0 saturated carbocycles. The van der Waals surface area contributed by atoms with Gasteiger partial charge in [0.05, 0.1) is 5.69 Å². The number of nitrogens with zero attached hydrogens (tertiary/aromatic N) is 7. The number of hydrogen-bond acceptors (Lipinski definition) is 7. The third kappa shape index (κ3) is 2.83. The van der Waals surface area contributed by atoms with Gasteiger partial charge in [-0.25, -0.2) is 9.67 Å². The van der Waals surface area contributed by atoms with Gasteiger partial charge >= 0.3 is 0 Å². The van der Waals surface area contributed by atoms with Crippen LogP contribution in [0.1, 0.15) is 17.0 Å². The summed E-state index contributed by atoms with van der Waals surface area (Å²) in [5.41, 5.74) is 2.91. The standard InChI is InChI=1S/C13H14N8/c1-8-4-5-14-11(6-8)15-12-16-18-13(19-17-12)21-10(3)7-9(2)20-21/h4-7H,1-3H3,(H,14,15,16,17). The number of rotatable bonds is 3. The van der Waals surface area contributed by atoms with Crippen LogP contribution in [-0.2, 0) is 0 Å². The van der Waals surface area contributed by atoms with E-state index in [4.69, 9.17) is 0 Å². The molecule has 0 bridgehead atoms. The number of nitrogens with one attached hydrogen (secondary N) is 1. The quantitative estimate of drug-likeness (QED) is 0.778. The van der Waals surface area contributed by atoms with E-state index in [-0.39, 0.29) is 0 Å². The van der Waals surface area contributed by atoms with Crippen molar-refractivity contribution in [3.63, 3.8) is 0 Å². The van der Waals surface area contributed by atoms with Gasteiger partial charge < -0.3 is 5.32 Å². The van der Waals surface area contributed by atoms with Gasteiger partial charge in [-0.3, -0.25) is 0 Å². The van der Waals surface area contributed by atoms with Crippen LogP contribution in [0.2, 0.25) is 0 Å². The smallest absolute Gasteiger partial charge is 0.289 e. The fraction of sp³-hybridized carbons (Fsp3) is 0.231. The van der Waals surface area contributed by atoms with Crippen molar-refractivity contribution >= 4 is 11.8 Å². The van der Waals surface area contributed by atoms with Crippen molar-refractivity contribution in [1.82, 2.24) is 35.2 Å². The maximum Gasteiger partial charge on any atom is 0.289 e. The SMILES string of the molecule is Cc1ccnc(Nc2nnc(-n3nc(C)cc3C)nn2)c1. The normalized spacial score (nSPS) is 10.6. The summed E-state index contributed by atoms with van der Waals surface area (Å²) in [6.45, 7) is 5.81. The predicted molar refractivity (Wildman–Crippen MR) is 76.5 cm³/mol. The molecule has 0 aliphatic heterocycles. The van der Waals surface area contributed by atoms with Crippen LogP contribution < -0.4 is 5.32 Å². The Labute approximate surface area is 121 Å². The van der Waals surface area contributed by atoms with Gasteiger partial charge in [0, 0.05) is 11.9 Å². The van der Waals surface area contributed by atoms with Crippen LogP contribution in [0, 0.1) is 20.8 Å². The number of anilines is 2. The zero-order valence-electron chi connectivity index (χ0n) is 11.9. The lowest BCUT2D eigenvalue weighted by atomic mass is 10.3. The fourth-order valence-electron chi connectivity index (χ4n) is 1.91. The molecular weight excluding hydrogens is 268 g/mol. The Bertz CT molecular complexity index is 762. The van der Waals surface area contributed by atoms with Gasteiger partial charge in [-0.05, 0) is 44.5 Å². The van der Waals surface area contributed by atoms with Gasteiger partial charge in [-0.15, -0.1) is 20.4 Å². The highest BCUT2D eigenvalue weighted by Gasteiger charge is 2.08. The average molecular weight is 282 g/mol. The molecule has 1 N–H and O–H groups in total. The molecule has 3 aromatic heterocycles. The molecule has 0 saturated heterocycles. The minimum atomic E-state index is 0.290. The molecular formula is C13H14N8. The van der Waals surface area contributed by atoms with E-state index in [1.807, 2.05) is 39.0 Å². The van der Waals surface area contributed by atoms with E-state index >= 15 is 0 Å². The summed E-state index contributed by atoms with van der Waals surface area (Å²) in [5, 5.41) is 23.3. The summed E-state index contributed by atoms with van der Waals surface area (Å²) >= 11 is 0. The lowest BCUT2D eigenvalue weighted by Gasteiger charge is -2.04. The zero-order chi connectivity index (χ0) is 14.8. The van der Waals surface area contributed by atoms with E-state index in [0.717, 1.165) is 17.0 Å². The Morgan fingerprint density at radius 1 is 1.00 bits per heavy atom. The van der Waals surface area contributed by atoms with Crippen molar-refractivity contribution in [3.05, 3.63) is 41.3 Å². The molecule has 0 radical (unpaired) electrons. The summed E-state index contributed by atoms with van der Waals surface area (Å²) in [7, 11) is 0. The molecule has 21 heavy (non-hydrogen) atoms.